The number of H-pyrrole nitrogens is 1. The van der Waals surface area contributed by atoms with Gasteiger partial charge in [0.1, 0.15) is 11.1 Å². The van der Waals surface area contributed by atoms with Crippen molar-refractivity contribution in [2.75, 3.05) is 13.1 Å². The molecule has 0 spiro atoms. The van der Waals surface area contributed by atoms with Gasteiger partial charge in [0.2, 0.25) is 5.91 Å². The van der Waals surface area contributed by atoms with E-state index in [1.807, 2.05) is 13.1 Å². The molecule has 1 saturated heterocycles. The molecule has 0 saturated carbocycles. The van der Waals surface area contributed by atoms with Crippen LogP contribution in [0.25, 0.3) is 28.2 Å². The number of carbonyl (C=O) groups excluding carboxylic acids is 1. The van der Waals surface area contributed by atoms with Gasteiger partial charge < -0.3 is 20.7 Å². The van der Waals surface area contributed by atoms with Gasteiger partial charge in [-0.3, -0.25) is 9.48 Å². The number of hydrogen-bond acceptors (Lipinski definition) is 6. The molecule has 1 atom stereocenters. The number of carboxylic acid groups (broad SMARTS) is 1. The molecule has 0 bridgehead atoms. The maximum Gasteiger partial charge on any atom is 0.388 e. The number of nitriles is 1. The molecule has 14 heteroatoms. The van der Waals surface area contributed by atoms with E-state index in [1.54, 1.807) is 17.1 Å². The highest BCUT2D eigenvalue weighted by atomic mass is 19.4. The molecule has 1 amide bonds. The van der Waals surface area contributed by atoms with E-state index in [-0.39, 0.29) is 24.6 Å². The monoisotopic (exact) mass is 505 g/mol. The van der Waals surface area contributed by atoms with E-state index < -0.39 is 30.5 Å². The number of aromatic nitrogens is 5. The zero-order valence-electron chi connectivity index (χ0n) is 19.3. The van der Waals surface area contributed by atoms with Gasteiger partial charge in [0.25, 0.3) is 0 Å². The number of hydrogen-bond donors (Lipinski definition) is 2. The highest BCUT2D eigenvalue weighted by molar-refractivity contribution is 6.00. The number of nitrogens with one attached hydrogen (secondary N) is 2. The largest absolute Gasteiger partial charge is 0.667 e. The zero-order chi connectivity index (χ0) is 26.5. The Morgan fingerprint density at radius 2 is 2.03 bits per heavy atom. The van der Waals surface area contributed by atoms with Gasteiger partial charge in [-0.2, -0.15) is 23.5 Å². The van der Waals surface area contributed by atoms with Crippen molar-refractivity contribution in [1.82, 2.24) is 29.6 Å². The van der Waals surface area contributed by atoms with Crippen LogP contribution in [0.2, 0.25) is 0 Å². The van der Waals surface area contributed by atoms with Crippen LogP contribution in [0.4, 0.5) is 13.2 Å². The zero-order valence-corrected chi connectivity index (χ0v) is 19.3. The number of halogens is 3. The summed E-state index contributed by atoms with van der Waals surface area (Å²) in [6.07, 6.45) is 1.57. The lowest BCUT2D eigenvalue weighted by Gasteiger charge is -2.34. The minimum atomic E-state index is -4.49. The predicted octanol–water partition coefficient (Wildman–Crippen LogP) is 3.66. The Morgan fingerprint density at radius 3 is 2.58 bits per heavy atom. The number of piperidine rings is 1. The number of fused-ring (bicyclic) bond motifs is 1. The van der Waals surface area contributed by atoms with Crippen molar-refractivity contribution in [1.29, 1.82) is 5.26 Å². The highest BCUT2D eigenvalue weighted by Crippen LogP contribution is 2.25. The summed E-state index contributed by atoms with van der Waals surface area (Å²) in [7, 11) is 0. The molecule has 0 unspecified atom stereocenters. The van der Waals surface area contributed by atoms with Crippen LogP contribution in [0.5, 0.6) is 0 Å². The van der Waals surface area contributed by atoms with Gasteiger partial charge in [-0.1, -0.05) is 0 Å². The number of alkyl halides is 3. The van der Waals surface area contributed by atoms with Gasteiger partial charge in [0, 0.05) is 49.9 Å². The SMILES string of the molecule is CCn1cc(-c2cnc3[nH]cc(C(=O)O)c3n2)cn1.N#CC1CCN(C(=O)[C@H]([NH-])CC(F)(F)F)CC1. The van der Waals surface area contributed by atoms with Crippen LogP contribution in [0.3, 0.4) is 0 Å². The molecule has 192 valence electrons. The quantitative estimate of drug-likeness (QED) is 0.534. The van der Waals surface area contributed by atoms with E-state index in [0.29, 0.717) is 29.7 Å². The second-order valence-electron chi connectivity index (χ2n) is 8.15. The third kappa shape index (κ3) is 6.57. The fraction of sp³-hybridized carbons (Fsp3) is 0.455. The number of carboxylic acids is 1. The molecule has 3 aromatic heterocycles. The lowest BCUT2D eigenvalue weighted by atomic mass is 9.98. The summed E-state index contributed by atoms with van der Waals surface area (Å²) in [5.41, 5.74) is 9.54. The number of rotatable bonds is 5. The first-order valence-corrected chi connectivity index (χ1v) is 11.1. The molecule has 0 radical (unpaired) electrons. The third-order valence-corrected chi connectivity index (χ3v) is 5.59. The number of aromatic amines is 1. The number of nitrogens with zero attached hydrogens (tertiary/aromatic N) is 6. The molecule has 0 aliphatic carbocycles. The minimum Gasteiger partial charge on any atom is -0.667 e. The Hall–Kier alpha value is -3.99. The van der Waals surface area contributed by atoms with E-state index in [1.165, 1.54) is 11.1 Å². The standard InChI is InChI=1S/C12H11N5O2.C10H13F3N3O/c1-2-17-6-7(3-15-17)9-5-14-11-10(16-9)8(4-13-11)12(18)19;11-10(12,13)5-8(15)9(17)16-3-1-7(6-14)2-4-16/h3-6H,2H2,1H3,(H,13,14)(H,18,19);7-8,15H,1-5H2/q;-1/t;8-/m.1/s1. The predicted molar refractivity (Wildman–Crippen MR) is 121 cm³/mol. The molecule has 11 nitrogen and oxygen atoms in total. The third-order valence-electron chi connectivity index (χ3n) is 5.59. The summed E-state index contributed by atoms with van der Waals surface area (Å²) in [5, 5.41) is 21.9. The van der Waals surface area contributed by atoms with Gasteiger partial charge in [-0.25, -0.2) is 14.8 Å². The van der Waals surface area contributed by atoms with Gasteiger partial charge in [0.15, 0.2) is 5.65 Å². The maximum absolute atomic E-state index is 12.0. The molecule has 1 aliphatic heterocycles. The van der Waals surface area contributed by atoms with Crippen molar-refractivity contribution in [2.45, 2.75) is 44.9 Å². The molecule has 36 heavy (non-hydrogen) atoms. The average molecular weight is 505 g/mol. The Kier molecular flexibility index (Phi) is 8.25. The molecule has 4 heterocycles. The molecular formula is C22H24F3N8O3-. The lowest BCUT2D eigenvalue weighted by molar-refractivity contribution is -0.150. The van der Waals surface area contributed by atoms with Crippen molar-refractivity contribution in [3.63, 3.8) is 0 Å². The van der Waals surface area contributed by atoms with Crippen LogP contribution in [0.15, 0.2) is 24.8 Å². The summed E-state index contributed by atoms with van der Waals surface area (Å²) in [6, 6.07) is 0.282. The van der Waals surface area contributed by atoms with E-state index in [0.717, 1.165) is 12.1 Å². The second kappa shape index (κ2) is 11.2. The Morgan fingerprint density at radius 1 is 1.33 bits per heavy atom. The maximum atomic E-state index is 12.0. The first-order chi connectivity index (χ1) is 17.0. The smallest absolute Gasteiger partial charge is 0.388 e. The first kappa shape index (κ1) is 26.6. The highest BCUT2D eigenvalue weighted by Gasteiger charge is 2.32. The summed E-state index contributed by atoms with van der Waals surface area (Å²) in [4.78, 5) is 35.2. The molecule has 1 aliphatic rings. The number of carbonyl (C=O) groups is 2. The fourth-order valence-electron chi connectivity index (χ4n) is 3.63. The van der Waals surface area contributed by atoms with Crippen molar-refractivity contribution in [3.05, 3.63) is 36.1 Å². The Bertz CT molecular complexity index is 1260. The van der Waals surface area contributed by atoms with Crippen molar-refractivity contribution in [2.24, 2.45) is 5.92 Å². The summed E-state index contributed by atoms with van der Waals surface area (Å²) < 4.78 is 37.8. The molecule has 3 aromatic rings. The summed E-state index contributed by atoms with van der Waals surface area (Å²) in [6.45, 7) is 3.29. The van der Waals surface area contributed by atoms with Crippen molar-refractivity contribution in [3.8, 4) is 17.3 Å². The number of aryl methyl sites for hydroxylation is 1. The van der Waals surface area contributed by atoms with Gasteiger partial charge >= 0.3 is 12.1 Å². The summed E-state index contributed by atoms with van der Waals surface area (Å²) in [5.74, 6) is -1.95. The molecule has 4 rings (SSSR count). The minimum absolute atomic E-state index is 0.118. The molecule has 3 N–H and O–H groups in total. The number of amides is 1. The second-order valence-corrected chi connectivity index (χ2v) is 8.15. The van der Waals surface area contributed by atoms with Gasteiger partial charge in [-0.05, 0) is 25.8 Å². The van der Waals surface area contributed by atoms with Gasteiger partial charge in [-0.15, -0.1) is 0 Å². The number of aromatic carboxylic acids is 1. The van der Waals surface area contributed by atoms with Crippen molar-refractivity contribution >= 4 is 23.0 Å². The van der Waals surface area contributed by atoms with Crippen LogP contribution < -0.4 is 0 Å². The Labute approximate surface area is 203 Å². The fourth-order valence-corrected chi connectivity index (χ4v) is 3.63. The first-order valence-electron chi connectivity index (χ1n) is 11.1. The normalized spacial score (nSPS) is 15.2. The number of likely N-dealkylation sites (tertiary alicyclic amines) is 1. The van der Waals surface area contributed by atoms with Crippen LogP contribution in [0.1, 0.15) is 36.5 Å². The van der Waals surface area contributed by atoms with E-state index in [9.17, 15) is 22.8 Å². The molecule has 0 aromatic carbocycles. The Balaban J connectivity index is 0.000000202. The van der Waals surface area contributed by atoms with Crippen LogP contribution in [-0.4, -0.2) is 71.9 Å². The van der Waals surface area contributed by atoms with E-state index in [4.69, 9.17) is 16.1 Å². The van der Waals surface area contributed by atoms with Gasteiger partial charge in [0.05, 0.1) is 24.2 Å². The van der Waals surface area contributed by atoms with Crippen LogP contribution in [-0.2, 0) is 11.3 Å². The molecule has 1 fully saturated rings. The van der Waals surface area contributed by atoms with Crippen molar-refractivity contribution < 1.29 is 27.9 Å². The van der Waals surface area contributed by atoms with E-state index in [2.05, 4.69) is 26.1 Å². The average Bonchev–Trinajstić information content (AvgIpc) is 3.50. The molecular weight excluding hydrogens is 481 g/mol. The van der Waals surface area contributed by atoms with Crippen LogP contribution in [0, 0.1) is 17.2 Å². The lowest BCUT2D eigenvalue weighted by Crippen LogP contribution is -2.43. The summed E-state index contributed by atoms with van der Waals surface area (Å²) >= 11 is 0. The van der Waals surface area contributed by atoms with E-state index >= 15 is 0 Å². The topological polar surface area (TPSA) is 165 Å². The van der Waals surface area contributed by atoms with Crippen LogP contribution >= 0.6 is 0 Å².